The molecule has 1 heterocycles. The average Bonchev–Trinajstić information content (AvgIpc) is 3.33. The van der Waals surface area contributed by atoms with Gasteiger partial charge in [-0.1, -0.05) is 118 Å². The standard InChI is InChI=1S/C36H30S/c1-36(2,3)32-23-13-22-29(26-16-8-5-9-17-26)33(32)35-31-21-11-10-20-30(31)34(37-35)28-19-12-18-27(24-28)25-14-6-4-7-15-25/h4-8,10,12-16,18-20,22-24H,11,21H2,1-3H3. The molecular formula is C36H30S. The van der Waals surface area contributed by atoms with E-state index in [2.05, 4.69) is 130 Å². The monoisotopic (exact) mass is 494 g/mol. The van der Waals surface area contributed by atoms with Gasteiger partial charge < -0.3 is 0 Å². The molecule has 0 saturated heterocycles. The lowest BCUT2D eigenvalue weighted by Gasteiger charge is -2.25. The summed E-state index contributed by atoms with van der Waals surface area (Å²) in [5, 5.41) is 0. The van der Waals surface area contributed by atoms with E-state index in [0.29, 0.717) is 0 Å². The fourth-order valence-corrected chi connectivity index (χ4v) is 6.78. The van der Waals surface area contributed by atoms with Crippen molar-refractivity contribution in [2.24, 2.45) is 0 Å². The van der Waals surface area contributed by atoms with Crippen LogP contribution < -0.4 is 0 Å². The van der Waals surface area contributed by atoms with Crippen LogP contribution in [0.4, 0.5) is 0 Å². The van der Waals surface area contributed by atoms with Crippen LogP contribution in [-0.2, 0) is 11.8 Å². The Hall–Kier alpha value is -3.86. The molecule has 0 nitrogen and oxygen atoms in total. The first-order valence-electron chi connectivity index (χ1n) is 13.0. The minimum Gasteiger partial charge on any atom is -0.134 e. The van der Waals surface area contributed by atoms with Crippen LogP contribution in [0.15, 0.2) is 97.1 Å². The predicted molar refractivity (Wildman–Crippen MR) is 160 cm³/mol. The minimum absolute atomic E-state index is 0.0125. The highest BCUT2D eigenvalue weighted by Crippen LogP contribution is 2.50. The summed E-state index contributed by atoms with van der Waals surface area (Å²) >= 11 is 1.95. The van der Waals surface area contributed by atoms with E-state index in [4.69, 9.17) is 0 Å². The van der Waals surface area contributed by atoms with Gasteiger partial charge in [-0.15, -0.1) is 11.3 Å². The van der Waals surface area contributed by atoms with E-state index in [1.807, 2.05) is 17.4 Å². The Bertz CT molecular complexity index is 1580. The van der Waals surface area contributed by atoms with Gasteiger partial charge in [0, 0.05) is 20.9 Å². The first-order valence-corrected chi connectivity index (χ1v) is 13.8. The Balaban J connectivity index is 1.60. The molecule has 0 bridgehead atoms. The van der Waals surface area contributed by atoms with Crippen LogP contribution in [0.1, 0.15) is 43.9 Å². The second-order valence-electron chi connectivity index (χ2n) is 10.7. The van der Waals surface area contributed by atoms with Gasteiger partial charge in [-0.2, -0.15) is 0 Å². The van der Waals surface area contributed by atoms with Crippen molar-refractivity contribution in [2.75, 3.05) is 0 Å². The molecule has 1 aliphatic carbocycles. The van der Waals surface area contributed by atoms with E-state index in [-0.39, 0.29) is 5.41 Å². The van der Waals surface area contributed by atoms with Crippen LogP contribution in [-0.4, -0.2) is 0 Å². The molecule has 0 spiro atoms. The van der Waals surface area contributed by atoms with Crippen molar-refractivity contribution in [3.8, 4) is 43.1 Å². The van der Waals surface area contributed by atoms with E-state index in [9.17, 15) is 0 Å². The Morgan fingerprint density at radius 1 is 0.757 bits per heavy atom. The van der Waals surface area contributed by atoms with Crippen molar-refractivity contribution in [1.82, 2.24) is 0 Å². The third kappa shape index (κ3) is 4.43. The van der Waals surface area contributed by atoms with E-state index < -0.39 is 0 Å². The summed E-state index contributed by atoms with van der Waals surface area (Å²) in [5.41, 5.74) is 11.7. The molecule has 37 heavy (non-hydrogen) atoms. The number of thiophene rings is 1. The lowest BCUT2D eigenvalue weighted by atomic mass is 9.79. The normalized spacial score (nSPS) is 12.7. The van der Waals surface area contributed by atoms with Gasteiger partial charge in [-0.25, -0.2) is 0 Å². The van der Waals surface area contributed by atoms with Crippen LogP contribution in [0.25, 0.3) is 49.2 Å². The molecule has 0 amide bonds. The fraction of sp³-hybridized carbons (Fsp3) is 0.167. The molecule has 0 N–H and O–H groups in total. The second-order valence-corrected chi connectivity index (χ2v) is 11.7. The lowest BCUT2D eigenvalue weighted by molar-refractivity contribution is 0.592. The highest BCUT2D eigenvalue weighted by molar-refractivity contribution is 7.19. The van der Waals surface area contributed by atoms with Gasteiger partial charge in [0.25, 0.3) is 0 Å². The molecular weight excluding hydrogens is 464 g/mol. The summed E-state index contributed by atoms with van der Waals surface area (Å²) in [6.45, 7) is 6.96. The Kier molecular flexibility index (Phi) is 6.07. The Morgan fingerprint density at radius 3 is 2.32 bits per heavy atom. The molecule has 0 unspecified atom stereocenters. The maximum Gasteiger partial charge on any atom is 0.0424 e. The van der Waals surface area contributed by atoms with E-state index in [0.717, 1.165) is 18.4 Å². The highest BCUT2D eigenvalue weighted by Gasteiger charge is 2.28. The number of hydrogen-bond donors (Lipinski definition) is 0. The van der Waals surface area contributed by atoms with Gasteiger partial charge in [-0.05, 0) is 75.4 Å². The third-order valence-corrected chi connectivity index (χ3v) is 8.48. The molecule has 1 aliphatic rings. The molecule has 1 heteroatoms. The lowest BCUT2D eigenvalue weighted by Crippen LogP contribution is -2.13. The zero-order valence-electron chi connectivity index (χ0n) is 21.6. The van der Waals surface area contributed by atoms with E-state index >= 15 is 0 Å². The first kappa shape index (κ1) is 23.5. The summed E-state index contributed by atoms with van der Waals surface area (Å²) in [7, 11) is 0. The first-order chi connectivity index (χ1) is 18.0. The third-order valence-electron chi connectivity index (χ3n) is 7.16. The van der Waals surface area contributed by atoms with Crippen molar-refractivity contribution in [3.63, 3.8) is 0 Å². The van der Waals surface area contributed by atoms with Crippen molar-refractivity contribution in [1.29, 1.82) is 0 Å². The zero-order chi connectivity index (χ0) is 25.4. The smallest absolute Gasteiger partial charge is 0.0424 e. The minimum atomic E-state index is 0.0125. The fourth-order valence-electron chi connectivity index (χ4n) is 5.38. The molecule has 4 aromatic carbocycles. The number of allylic oxidation sites excluding steroid dienone is 1. The van der Waals surface area contributed by atoms with Crippen molar-refractivity contribution < 1.29 is 0 Å². The Morgan fingerprint density at radius 2 is 1.54 bits per heavy atom. The average molecular weight is 495 g/mol. The molecule has 0 atom stereocenters. The maximum absolute atomic E-state index is 3.38. The Labute approximate surface area is 225 Å². The largest absolute Gasteiger partial charge is 0.134 e. The molecule has 1 aromatic heterocycles. The van der Waals surface area contributed by atoms with Crippen LogP contribution in [0.3, 0.4) is 0 Å². The van der Waals surface area contributed by atoms with Crippen LogP contribution >= 0.6 is 11.3 Å². The number of benzene rings is 3. The van der Waals surface area contributed by atoms with Gasteiger partial charge >= 0.3 is 0 Å². The van der Waals surface area contributed by atoms with Gasteiger partial charge in [0.2, 0.25) is 0 Å². The molecule has 0 radical (unpaired) electrons. The van der Waals surface area contributed by atoms with E-state index in [1.54, 1.807) is 0 Å². The van der Waals surface area contributed by atoms with Gasteiger partial charge in [-0.3, -0.25) is 0 Å². The maximum atomic E-state index is 3.38. The molecule has 0 aliphatic heterocycles. The summed E-state index contributed by atoms with van der Waals surface area (Å²) in [6, 6.07) is 39.2. The predicted octanol–water partition coefficient (Wildman–Crippen LogP) is 10.3. The molecule has 5 aromatic rings. The van der Waals surface area contributed by atoms with E-state index in [1.165, 1.54) is 54.3 Å². The summed E-state index contributed by atoms with van der Waals surface area (Å²) in [5.74, 6) is 0. The summed E-state index contributed by atoms with van der Waals surface area (Å²) < 4.78 is 0. The SMILES string of the molecule is CC(C)(C)c1cccc(-c2c#cccc2)c1-c1sc(-c2cccc(-c3ccccc3)c2)c2c1CCC=C2. The topological polar surface area (TPSA) is 0 Å². The number of rotatable bonds is 4. The van der Waals surface area contributed by atoms with Crippen molar-refractivity contribution in [2.45, 2.75) is 39.0 Å². The number of hydrogen-bond acceptors (Lipinski definition) is 1. The van der Waals surface area contributed by atoms with Crippen molar-refractivity contribution in [3.05, 3.63) is 126 Å². The van der Waals surface area contributed by atoms with Gasteiger partial charge in [0.1, 0.15) is 0 Å². The van der Waals surface area contributed by atoms with Crippen molar-refractivity contribution >= 4 is 17.4 Å². The van der Waals surface area contributed by atoms with Crippen LogP contribution in [0, 0.1) is 12.1 Å². The highest BCUT2D eigenvalue weighted by atomic mass is 32.1. The van der Waals surface area contributed by atoms with Gasteiger partial charge in [0.05, 0.1) is 0 Å². The van der Waals surface area contributed by atoms with Crippen LogP contribution in [0.5, 0.6) is 0 Å². The number of fused-ring (bicyclic) bond motifs is 1. The van der Waals surface area contributed by atoms with Crippen LogP contribution in [0.2, 0.25) is 0 Å². The zero-order valence-corrected chi connectivity index (χ0v) is 22.5. The van der Waals surface area contributed by atoms with Gasteiger partial charge in [0.15, 0.2) is 0 Å². The molecule has 0 fully saturated rings. The molecule has 6 rings (SSSR count). The summed E-state index contributed by atoms with van der Waals surface area (Å²) in [4.78, 5) is 2.76. The quantitative estimate of drug-likeness (QED) is 0.233. The second kappa shape index (κ2) is 9.55. The summed E-state index contributed by atoms with van der Waals surface area (Å²) in [6.07, 6.45) is 6.84. The molecule has 0 saturated carbocycles. The molecule has 180 valence electrons.